The monoisotopic (exact) mass is 285 g/mol. The smallest absolute Gasteiger partial charge is 0.342 e. The summed E-state index contributed by atoms with van der Waals surface area (Å²) < 4.78 is 36.3. The van der Waals surface area contributed by atoms with E-state index in [1.807, 2.05) is 30.3 Å². The van der Waals surface area contributed by atoms with E-state index in [0.717, 1.165) is 6.42 Å². The largest absolute Gasteiger partial charge is 0.389 e. The molecule has 0 aliphatic carbocycles. The van der Waals surface area contributed by atoms with Gasteiger partial charge in [0.1, 0.15) is 0 Å². The maximum Gasteiger partial charge on any atom is 0.389 e. The lowest BCUT2D eigenvalue weighted by Gasteiger charge is -2.17. The first-order valence-electron chi connectivity index (χ1n) is 6.82. The molecular weight excluding hydrogens is 267 g/mol. The average molecular weight is 285 g/mol. The molecule has 1 aromatic rings. The first-order valence-corrected chi connectivity index (χ1v) is 6.82. The van der Waals surface area contributed by atoms with Crippen LogP contribution in [-0.2, 0) is 11.2 Å². The quantitative estimate of drug-likeness (QED) is 0.811. The predicted molar refractivity (Wildman–Crippen MR) is 70.1 cm³/mol. The number of carbonyl (C=O) groups excluding carboxylic acids is 1. The van der Waals surface area contributed by atoms with Crippen molar-refractivity contribution >= 4 is 5.91 Å². The zero-order valence-corrected chi connectivity index (χ0v) is 11.2. The number of carbonyl (C=O) groups is 1. The third-order valence-electron chi connectivity index (χ3n) is 3.55. The second-order valence-electron chi connectivity index (χ2n) is 5.32. The van der Waals surface area contributed by atoms with Crippen LogP contribution in [0.2, 0.25) is 0 Å². The van der Waals surface area contributed by atoms with Crippen molar-refractivity contribution in [3.05, 3.63) is 35.9 Å². The Balaban J connectivity index is 1.79. The van der Waals surface area contributed by atoms with Crippen LogP contribution in [0.3, 0.4) is 0 Å². The van der Waals surface area contributed by atoms with Crippen LogP contribution >= 0.6 is 0 Å². The molecule has 1 heterocycles. The first kappa shape index (κ1) is 14.9. The van der Waals surface area contributed by atoms with Gasteiger partial charge in [-0.15, -0.1) is 0 Å². The summed E-state index contributed by atoms with van der Waals surface area (Å²) in [4.78, 5) is 13.3. The second-order valence-corrected chi connectivity index (χ2v) is 5.32. The van der Waals surface area contributed by atoms with E-state index in [-0.39, 0.29) is 24.8 Å². The number of alkyl halides is 3. The van der Waals surface area contributed by atoms with E-state index in [1.165, 1.54) is 5.56 Å². The minimum absolute atomic E-state index is 0.00665. The first-order chi connectivity index (χ1) is 9.44. The topological polar surface area (TPSA) is 20.3 Å². The van der Waals surface area contributed by atoms with Gasteiger partial charge in [0.05, 0.1) is 0 Å². The van der Waals surface area contributed by atoms with Crippen molar-refractivity contribution in [1.29, 1.82) is 0 Å². The molecule has 1 fully saturated rings. The predicted octanol–water partition coefficient (Wildman–Crippen LogP) is 3.42. The number of hydrogen-bond donors (Lipinski definition) is 0. The Morgan fingerprint density at radius 2 is 1.90 bits per heavy atom. The van der Waals surface area contributed by atoms with Gasteiger partial charge in [-0.2, -0.15) is 13.2 Å². The molecule has 0 N–H and O–H groups in total. The van der Waals surface area contributed by atoms with Crippen LogP contribution < -0.4 is 0 Å². The Kier molecular flexibility index (Phi) is 4.68. The molecule has 0 aromatic heterocycles. The van der Waals surface area contributed by atoms with E-state index < -0.39 is 12.6 Å². The molecule has 20 heavy (non-hydrogen) atoms. The Morgan fingerprint density at radius 1 is 1.20 bits per heavy atom. The zero-order valence-electron chi connectivity index (χ0n) is 11.2. The van der Waals surface area contributed by atoms with Crippen LogP contribution in [0, 0.1) is 5.92 Å². The van der Waals surface area contributed by atoms with Crippen LogP contribution in [0.1, 0.15) is 24.8 Å². The average Bonchev–Trinajstić information content (AvgIpc) is 2.69. The van der Waals surface area contributed by atoms with Gasteiger partial charge in [-0.05, 0) is 24.3 Å². The molecule has 1 saturated heterocycles. The number of amides is 1. The molecule has 1 amide bonds. The SMILES string of the molecule is O=C1C[C@H](Cc2ccccc2)CN1CCCC(F)(F)F. The van der Waals surface area contributed by atoms with Crippen LogP contribution in [0.5, 0.6) is 0 Å². The lowest BCUT2D eigenvalue weighted by Crippen LogP contribution is -2.27. The molecule has 1 aliphatic heterocycles. The number of nitrogens with zero attached hydrogens (tertiary/aromatic N) is 1. The number of rotatable bonds is 5. The van der Waals surface area contributed by atoms with Crippen LogP contribution in [0.15, 0.2) is 30.3 Å². The highest BCUT2D eigenvalue weighted by atomic mass is 19.4. The minimum Gasteiger partial charge on any atom is -0.342 e. The Hall–Kier alpha value is -1.52. The maximum absolute atomic E-state index is 12.1. The van der Waals surface area contributed by atoms with Crippen molar-refractivity contribution in [3.63, 3.8) is 0 Å². The molecule has 110 valence electrons. The molecule has 0 bridgehead atoms. The van der Waals surface area contributed by atoms with E-state index in [2.05, 4.69) is 0 Å². The lowest BCUT2D eigenvalue weighted by molar-refractivity contribution is -0.139. The van der Waals surface area contributed by atoms with Gasteiger partial charge >= 0.3 is 6.18 Å². The molecule has 2 nitrogen and oxygen atoms in total. The maximum atomic E-state index is 12.1. The number of hydrogen-bond acceptors (Lipinski definition) is 1. The molecular formula is C15H18F3NO. The summed E-state index contributed by atoms with van der Waals surface area (Å²) in [6, 6.07) is 9.86. The van der Waals surface area contributed by atoms with Crippen molar-refractivity contribution < 1.29 is 18.0 Å². The Labute approximate surface area is 116 Å². The van der Waals surface area contributed by atoms with Crippen LogP contribution in [-0.4, -0.2) is 30.1 Å². The van der Waals surface area contributed by atoms with Gasteiger partial charge in [0.2, 0.25) is 5.91 Å². The molecule has 0 saturated carbocycles. The highest BCUT2D eigenvalue weighted by Crippen LogP contribution is 2.25. The summed E-state index contributed by atoms with van der Waals surface area (Å²) in [6.07, 6.45) is -3.71. The molecule has 0 spiro atoms. The summed E-state index contributed by atoms with van der Waals surface area (Å²) in [6.45, 7) is 0.787. The molecule has 0 unspecified atom stereocenters. The fraction of sp³-hybridized carbons (Fsp3) is 0.533. The molecule has 1 aliphatic rings. The molecule has 5 heteroatoms. The summed E-state index contributed by atoms with van der Waals surface area (Å²) in [7, 11) is 0. The van der Waals surface area contributed by atoms with Gasteiger partial charge in [-0.1, -0.05) is 30.3 Å². The summed E-state index contributed by atoms with van der Waals surface area (Å²) in [5, 5.41) is 0. The summed E-state index contributed by atoms with van der Waals surface area (Å²) in [5.74, 6) is 0.198. The summed E-state index contributed by atoms with van der Waals surface area (Å²) >= 11 is 0. The van der Waals surface area contributed by atoms with Crippen molar-refractivity contribution in [2.24, 2.45) is 5.92 Å². The molecule has 1 aromatic carbocycles. The normalized spacial score (nSPS) is 19.6. The van der Waals surface area contributed by atoms with Gasteiger partial charge in [-0.3, -0.25) is 4.79 Å². The highest BCUT2D eigenvalue weighted by molar-refractivity contribution is 5.78. The van der Waals surface area contributed by atoms with E-state index in [9.17, 15) is 18.0 Å². The van der Waals surface area contributed by atoms with Gasteiger partial charge in [-0.25, -0.2) is 0 Å². The van der Waals surface area contributed by atoms with Gasteiger partial charge in [0.25, 0.3) is 0 Å². The zero-order chi connectivity index (χ0) is 14.6. The van der Waals surface area contributed by atoms with Crippen LogP contribution in [0.4, 0.5) is 13.2 Å². The van der Waals surface area contributed by atoms with Crippen molar-refractivity contribution in [3.8, 4) is 0 Å². The van der Waals surface area contributed by atoms with Gasteiger partial charge < -0.3 is 4.90 Å². The second kappa shape index (κ2) is 6.29. The minimum atomic E-state index is -4.13. The summed E-state index contributed by atoms with van der Waals surface area (Å²) in [5.41, 5.74) is 1.17. The fourth-order valence-corrected chi connectivity index (χ4v) is 2.62. The number of halogens is 3. The van der Waals surface area contributed by atoms with E-state index >= 15 is 0 Å². The van der Waals surface area contributed by atoms with Crippen molar-refractivity contribution in [1.82, 2.24) is 4.90 Å². The standard InChI is InChI=1S/C15H18F3NO/c16-15(17,18)7-4-8-19-11-13(10-14(19)20)9-12-5-2-1-3-6-12/h1-3,5-6,13H,4,7-11H2/t13-/m0/s1. The van der Waals surface area contributed by atoms with Crippen LogP contribution in [0.25, 0.3) is 0 Å². The third kappa shape index (κ3) is 4.54. The van der Waals surface area contributed by atoms with Gasteiger partial charge in [0.15, 0.2) is 0 Å². The van der Waals surface area contributed by atoms with E-state index in [4.69, 9.17) is 0 Å². The number of benzene rings is 1. The Bertz CT molecular complexity index is 444. The van der Waals surface area contributed by atoms with E-state index in [1.54, 1.807) is 4.90 Å². The third-order valence-corrected chi connectivity index (χ3v) is 3.55. The van der Waals surface area contributed by atoms with Crippen molar-refractivity contribution in [2.75, 3.05) is 13.1 Å². The Morgan fingerprint density at radius 3 is 2.55 bits per heavy atom. The molecule has 0 radical (unpaired) electrons. The number of likely N-dealkylation sites (tertiary alicyclic amines) is 1. The van der Waals surface area contributed by atoms with Gasteiger partial charge in [0, 0.05) is 25.9 Å². The fourth-order valence-electron chi connectivity index (χ4n) is 2.62. The highest BCUT2D eigenvalue weighted by Gasteiger charge is 2.31. The lowest BCUT2D eigenvalue weighted by atomic mass is 9.99. The van der Waals surface area contributed by atoms with Crippen molar-refractivity contribution in [2.45, 2.75) is 31.9 Å². The molecule has 2 rings (SSSR count). The van der Waals surface area contributed by atoms with E-state index in [0.29, 0.717) is 13.0 Å². The molecule has 1 atom stereocenters.